The zero-order chi connectivity index (χ0) is 5.56. The van der Waals surface area contributed by atoms with Gasteiger partial charge in [0.2, 0.25) is 0 Å². The Hall–Kier alpha value is 0.250. The van der Waals surface area contributed by atoms with Gasteiger partial charge in [-0.15, -0.1) is 11.6 Å². The summed E-state index contributed by atoms with van der Waals surface area (Å²) >= 11 is 5.90. The number of fused-ring (bicyclic) bond motifs is 2. The zero-order valence-electron chi connectivity index (χ0n) is 4.73. The van der Waals surface area contributed by atoms with Gasteiger partial charge in [-0.1, -0.05) is 0 Å². The first-order valence-electron chi connectivity index (χ1n) is 3.26. The van der Waals surface area contributed by atoms with E-state index in [1.807, 2.05) is 0 Å². The molecule has 1 nitrogen and oxygen atoms in total. The molecule has 0 aromatic heterocycles. The summed E-state index contributed by atoms with van der Waals surface area (Å²) in [6.45, 7) is 0. The van der Waals surface area contributed by atoms with Crippen molar-refractivity contribution >= 4 is 11.6 Å². The van der Waals surface area contributed by atoms with Crippen molar-refractivity contribution in [1.82, 2.24) is 5.32 Å². The Morgan fingerprint density at radius 2 is 2.25 bits per heavy atom. The molecule has 3 atom stereocenters. The largest absolute Gasteiger partial charge is 0.298 e. The van der Waals surface area contributed by atoms with E-state index < -0.39 is 0 Å². The van der Waals surface area contributed by atoms with Crippen molar-refractivity contribution in [2.24, 2.45) is 5.92 Å². The Morgan fingerprint density at radius 1 is 1.38 bits per heavy atom. The Bertz CT molecular complexity index is 103. The van der Waals surface area contributed by atoms with Crippen LogP contribution in [-0.4, -0.2) is 11.5 Å². The van der Waals surface area contributed by atoms with E-state index in [-0.39, 0.29) is 0 Å². The third-order valence-electron chi connectivity index (χ3n) is 2.28. The predicted octanol–water partition coefficient (Wildman–Crippen LogP) is 1.32. The average Bonchev–Trinajstić information content (AvgIpc) is 2.23. The molecule has 0 aromatic carbocycles. The SMILES string of the molecule is ClC1NC2CCC1C2. The van der Waals surface area contributed by atoms with Gasteiger partial charge in [0.1, 0.15) is 0 Å². The van der Waals surface area contributed by atoms with Crippen LogP contribution in [0.1, 0.15) is 19.3 Å². The molecule has 2 heteroatoms. The summed E-state index contributed by atoms with van der Waals surface area (Å²) in [6.07, 6.45) is 4.04. The maximum absolute atomic E-state index is 5.90. The molecule has 0 amide bonds. The molecule has 1 saturated heterocycles. The van der Waals surface area contributed by atoms with E-state index in [4.69, 9.17) is 11.6 Å². The molecule has 1 N–H and O–H groups in total. The summed E-state index contributed by atoms with van der Waals surface area (Å²) in [4.78, 5) is 0. The third kappa shape index (κ3) is 0.579. The molecule has 1 aliphatic carbocycles. The normalized spacial score (nSPS) is 52.9. The Labute approximate surface area is 54.4 Å². The molecule has 0 aromatic rings. The van der Waals surface area contributed by atoms with E-state index in [1.54, 1.807) is 0 Å². The van der Waals surface area contributed by atoms with Crippen LogP contribution in [0.5, 0.6) is 0 Å². The number of alkyl halides is 1. The van der Waals surface area contributed by atoms with E-state index >= 15 is 0 Å². The molecule has 8 heavy (non-hydrogen) atoms. The minimum Gasteiger partial charge on any atom is -0.298 e. The van der Waals surface area contributed by atoms with E-state index in [0.29, 0.717) is 5.50 Å². The molecule has 1 heterocycles. The highest BCUT2D eigenvalue weighted by Gasteiger charge is 2.37. The number of hydrogen-bond acceptors (Lipinski definition) is 1. The maximum atomic E-state index is 5.90. The van der Waals surface area contributed by atoms with Gasteiger partial charge in [0.05, 0.1) is 5.50 Å². The maximum Gasteiger partial charge on any atom is 0.0856 e. The summed E-state index contributed by atoms with van der Waals surface area (Å²) in [5.41, 5.74) is 0.300. The predicted molar refractivity (Wildman–Crippen MR) is 33.9 cm³/mol. The first-order chi connectivity index (χ1) is 3.86. The van der Waals surface area contributed by atoms with Gasteiger partial charge in [0.15, 0.2) is 0 Å². The highest BCUT2D eigenvalue weighted by Crippen LogP contribution is 2.36. The van der Waals surface area contributed by atoms with Crippen LogP contribution in [0, 0.1) is 5.92 Å². The molecule has 1 aliphatic heterocycles. The fourth-order valence-electron chi connectivity index (χ4n) is 1.79. The molecule has 2 fully saturated rings. The van der Waals surface area contributed by atoms with Crippen LogP contribution in [0.3, 0.4) is 0 Å². The lowest BCUT2D eigenvalue weighted by atomic mass is 10.1. The molecule has 2 aliphatic rings. The molecule has 0 radical (unpaired) electrons. The molecular formula is C6H10ClN. The smallest absolute Gasteiger partial charge is 0.0856 e. The van der Waals surface area contributed by atoms with Gasteiger partial charge in [-0.25, -0.2) is 0 Å². The number of rotatable bonds is 0. The van der Waals surface area contributed by atoms with Crippen molar-refractivity contribution in [2.75, 3.05) is 0 Å². The van der Waals surface area contributed by atoms with Gasteiger partial charge in [-0.3, -0.25) is 5.32 Å². The molecule has 46 valence electrons. The van der Waals surface area contributed by atoms with Gasteiger partial charge in [-0.05, 0) is 25.2 Å². The van der Waals surface area contributed by atoms with Crippen molar-refractivity contribution < 1.29 is 0 Å². The van der Waals surface area contributed by atoms with Crippen molar-refractivity contribution in [2.45, 2.75) is 30.8 Å². The summed E-state index contributed by atoms with van der Waals surface area (Å²) < 4.78 is 0. The Morgan fingerprint density at radius 3 is 2.50 bits per heavy atom. The van der Waals surface area contributed by atoms with Gasteiger partial charge >= 0.3 is 0 Å². The van der Waals surface area contributed by atoms with Gasteiger partial charge in [-0.2, -0.15) is 0 Å². The quantitative estimate of drug-likeness (QED) is 0.386. The van der Waals surface area contributed by atoms with Crippen molar-refractivity contribution in [3.8, 4) is 0 Å². The summed E-state index contributed by atoms with van der Waals surface area (Å²) in [6, 6.07) is 0.766. The molecule has 2 rings (SSSR count). The first kappa shape index (κ1) is 5.07. The van der Waals surface area contributed by atoms with Crippen LogP contribution < -0.4 is 5.32 Å². The van der Waals surface area contributed by atoms with Crippen molar-refractivity contribution in [1.29, 1.82) is 0 Å². The molecule has 3 unspecified atom stereocenters. The van der Waals surface area contributed by atoms with E-state index in [9.17, 15) is 0 Å². The fourth-order valence-corrected chi connectivity index (χ4v) is 2.20. The van der Waals surface area contributed by atoms with Crippen LogP contribution in [0.4, 0.5) is 0 Å². The standard InChI is InChI=1S/C6H10ClN/c7-6-4-1-2-5(3-4)8-6/h4-6,8H,1-3H2. The second-order valence-electron chi connectivity index (χ2n) is 2.84. The van der Waals surface area contributed by atoms with Crippen LogP contribution in [-0.2, 0) is 0 Å². The second kappa shape index (κ2) is 1.61. The first-order valence-corrected chi connectivity index (χ1v) is 3.70. The summed E-state index contributed by atoms with van der Waals surface area (Å²) in [7, 11) is 0. The van der Waals surface area contributed by atoms with Crippen LogP contribution in [0.15, 0.2) is 0 Å². The van der Waals surface area contributed by atoms with Crippen molar-refractivity contribution in [3.63, 3.8) is 0 Å². The molecule has 1 saturated carbocycles. The van der Waals surface area contributed by atoms with Crippen LogP contribution >= 0.6 is 11.6 Å². The monoisotopic (exact) mass is 131 g/mol. The van der Waals surface area contributed by atoms with Crippen molar-refractivity contribution in [3.05, 3.63) is 0 Å². The van der Waals surface area contributed by atoms with E-state index in [1.165, 1.54) is 19.3 Å². The summed E-state index contributed by atoms with van der Waals surface area (Å²) in [5, 5.41) is 3.32. The number of hydrogen-bond donors (Lipinski definition) is 1. The van der Waals surface area contributed by atoms with Gasteiger partial charge in [0.25, 0.3) is 0 Å². The molecule has 2 bridgehead atoms. The molecular weight excluding hydrogens is 122 g/mol. The minimum atomic E-state index is 0.300. The number of piperidine rings is 1. The highest BCUT2D eigenvalue weighted by molar-refractivity contribution is 6.20. The number of halogens is 1. The van der Waals surface area contributed by atoms with E-state index in [2.05, 4.69) is 5.32 Å². The fraction of sp³-hybridized carbons (Fsp3) is 1.00. The minimum absolute atomic E-state index is 0.300. The highest BCUT2D eigenvalue weighted by atomic mass is 35.5. The second-order valence-corrected chi connectivity index (χ2v) is 3.31. The van der Waals surface area contributed by atoms with Crippen LogP contribution in [0.25, 0.3) is 0 Å². The third-order valence-corrected chi connectivity index (χ3v) is 2.76. The lowest BCUT2D eigenvalue weighted by Gasteiger charge is -2.15. The van der Waals surface area contributed by atoms with Gasteiger partial charge < -0.3 is 0 Å². The van der Waals surface area contributed by atoms with Gasteiger partial charge in [0, 0.05) is 6.04 Å². The summed E-state index contributed by atoms with van der Waals surface area (Å²) in [5.74, 6) is 0.793. The number of nitrogens with one attached hydrogen (secondary N) is 1. The average molecular weight is 132 g/mol. The Balaban J connectivity index is 2.11. The lowest BCUT2D eigenvalue weighted by molar-refractivity contribution is 0.468. The molecule has 0 spiro atoms. The zero-order valence-corrected chi connectivity index (χ0v) is 5.49. The topological polar surface area (TPSA) is 12.0 Å². The lowest BCUT2D eigenvalue weighted by Crippen LogP contribution is -2.30. The van der Waals surface area contributed by atoms with E-state index in [0.717, 1.165) is 12.0 Å². The Kier molecular flexibility index (Phi) is 1.02. The van der Waals surface area contributed by atoms with Crippen LogP contribution in [0.2, 0.25) is 0 Å².